The molecule has 0 radical (unpaired) electrons. The summed E-state index contributed by atoms with van der Waals surface area (Å²) in [5, 5.41) is 16.1. The van der Waals surface area contributed by atoms with Gasteiger partial charge in [0.1, 0.15) is 5.82 Å². The Hall–Kier alpha value is -2.96. The van der Waals surface area contributed by atoms with E-state index in [2.05, 4.69) is 30.7 Å². The van der Waals surface area contributed by atoms with Crippen molar-refractivity contribution in [1.29, 1.82) is 0 Å². The number of carbonyl (C=O) groups is 1. The van der Waals surface area contributed by atoms with Crippen LogP contribution in [0.4, 0.5) is 0 Å². The molecule has 0 aliphatic carbocycles. The van der Waals surface area contributed by atoms with E-state index >= 15 is 0 Å². The number of carbonyl (C=O) groups excluding carboxylic acids is 1. The second kappa shape index (κ2) is 5.58. The highest BCUT2D eigenvalue weighted by atomic mass is 16.2. The maximum absolute atomic E-state index is 11.8. The number of rotatable bonds is 4. The molecule has 3 rings (SSSR count). The van der Waals surface area contributed by atoms with Crippen LogP contribution in [0.25, 0.3) is 11.3 Å². The van der Waals surface area contributed by atoms with Gasteiger partial charge in [0.05, 0.1) is 5.69 Å². The lowest BCUT2D eigenvalue weighted by molar-refractivity contribution is 0.0941. The second-order valence-corrected chi connectivity index (χ2v) is 4.59. The van der Waals surface area contributed by atoms with Gasteiger partial charge in [-0.2, -0.15) is 5.10 Å². The molecule has 2 aromatic heterocycles. The molecular weight excluding hydrogens is 268 g/mol. The van der Waals surface area contributed by atoms with Crippen molar-refractivity contribution < 1.29 is 4.79 Å². The van der Waals surface area contributed by atoms with E-state index in [4.69, 9.17) is 0 Å². The zero-order valence-corrected chi connectivity index (χ0v) is 11.4. The van der Waals surface area contributed by atoms with E-state index in [1.165, 1.54) is 0 Å². The van der Waals surface area contributed by atoms with Crippen LogP contribution in [-0.2, 0) is 6.54 Å². The molecule has 0 spiro atoms. The highest BCUT2D eigenvalue weighted by molar-refractivity contribution is 5.90. The largest absolute Gasteiger partial charge is 0.345 e. The Bertz CT molecular complexity index is 729. The molecular formula is C14H14N6O. The van der Waals surface area contributed by atoms with Crippen molar-refractivity contribution >= 4 is 5.91 Å². The number of amides is 1. The van der Waals surface area contributed by atoms with Gasteiger partial charge in [-0.1, -0.05) is 24.3 Å². The van der Waals surface area contributed by atoms with Crippen molar-refractivity contribution in [3.63, 3.8) is 0 Å². The lowest BCUT2D eigenvalue weighted by Gasteiger charge is -2.04. The predicted molar refractivity (Wildman–Crippen MR) is 76.3 cm³/mol. The van der Waals surface area contributed by atoms with E-state index in [1.54, 1.807) is 13.1 Å². The summed E-state index contributed by atoms with van der Waals surface area (Å²) in [5.74, 6) is 0.475. The number of benzene rings is 1. The summed E-state index contributed by atoms with van der Waals surface area (Å²) in [6, 6.07) is 9.78. The fourth-order valence-electron chi connectivity index (χ4n) is 1.92. The highest BCUT2D eigenvalue weighted by Gasteiger charge is 2.10. The van der Waals surface area contributed by atoms with E-state index in [-0.39, 0.29) is 11.7 Å². The Morgan fingerprint density at radius 2 is 2.00 bits per heavy atom. The SMILES string of the molecule is Cc1nc(C(=O)NCc2ccc(-c3ccn[nH]3)cc2)n[nH]1. The van der Waals surface area contributed by atoms with Gasteiger partial charge in [0.2, 0.25) is 5.82 Å². The number of nitrogens with one attached hydrogen (secondary N) is 3. The van der Waals surface area contributed by atoms with Crippen LogP contribution in [0.2, 0.25) is 0 Å². The quantitative estimate of drug-likeness (QED) is 0.674. The molecule has 2 heterocycles. The van der Waals surface area contributed by atoms with Gasteiger partial charge in [-0.3, -0.25) is 15.0 Å². The van der Waals surface area contributed by atoms with Crippen LogP contribution in [0.5, 0.6) is 0 Å². The molecule has 0 fully saturated rings. The normalized spacial score (nSPS) is 10.5. The third kappa shape index (κ3) is 2.97. The van der Waals surface area contributed by atoms with Gasteiger partial charge in [0, 0.05) is 12.7 Å². The number of aromatic nitrogens is 5. The highest BCUT2D eigenvalue weighted by Crippen LogP contribution is 2.16. The topological polar surface area (TPSA) is 99.3 Å². The summed E-state index contributed by atoms with van der Waals surface area (Å²) < 4.78 is 0. The first-order chi connectivity index (χ1) is 10.2. The first-order valence-electron chi connectivity index (χ1n) is 6.48. The molecule has 0 atom stereocenters. The summed E-state index contributed by atoms with van der Waals surface area (Å²) >= 11 is 0. The lowest BCUT2D eigenvalue weighted by atomic mass is 10.1. The minimum Gasteiger partial charge on any atom is -0.345 e. The molecule has 1 amide bonds. The predicted octanol–water partition coefficient (Wildman–Crippen LogP) is 1.43. The molecule has 1 aromatic carbocycles. The fourth-order valence-corrected chi connectivity index (χ4v) is 1.92. The number of aromatic amines is 2. The molecule has 106 valence electrons. The molecule has 0 aliphatic heterocycles. The van der Waals surface area contributed by atoms with Crippen molar-refractivity contribution in [1.82, 2.24) is 30.7 Å². The molecule has 0 saturated heterocycles. The second-order valence-electron chi connectivity index (χ2n) is 4.59. The van der Waals surface area contributed by atoms with Gasteiger partial charge in [-0.25, -0.2) is 4.98 Å². The van der Waals surface area contributed by atoms with Gasteiger partial charge >= 0.3 is 0 Å². The maximum Gasteiger partial charge on any atom is 0.291 e. The van der Waals surface area contributed by atoms with Crippen LogP contribution in [0.15, 0.2) is 36.5 Å². The summed E-state index contributed by atoms with van der Waals surface area (Å²) in [7, 11) is 0. The van der Waals surface area contributed by atoms with E-state index in [0.29, 0.717) is 12.4 Å². The van der Waals surface area contributed by atoms with Crippen molar-refractivity contribution in [2.75, 3.05) is 0 Å². The third-order valence-corrected chi connectivity index (χ3v) is 3.02. The summed E-state index contributed by atoms with van der Waals surface area (Å²) in [6.07, 6.45) is 1.71. The van der Waals surface area contributed by atoms with Crippen LogP contribution in [-0.4, -0.2) is 31.3 Å². The molecule has 21 heavy (non-hydrogen) atoms. The van der Waals surface area contributed by atoms with Gasteiger partial charge < -0.3 is 5.32 Å². The van der Waals surface area contributed by atoms with Gasteiger partial charge in [-0.15, -0.1) is 5.10 Å². The van der Waals surface area contributed by atoms with Crippen LogP contribution in [0, 0.1) is 6.92 Å². The number of aryl methyl sites for hydroxylation is 1. The van der Waals surface area contributed by atoms with Crippen LogP contribution in [0.3, 0.4) is 0 Å². The Kier molecular flexibility index (Phi) is 3.46. The molecule has 3 N–H and O–H groups in total. The third-order valence-electron chi connectivity index (χ3n) is 3.02. The van der Waals surface area contributed by atoms with Gasteiger partial charge in [-0.05, 0) is 24.1 Å². The molecule has 0 unspecified atom stereocenters. The zero-order chi connectivity index (χ0) is 14.7. The van der Waals surface area contributed by atoms with E-state index in [1.807, 2.05) is 30.3 Å². The summed E-state index contributed by atoms with van der Waals surface area (Å²) in [4.78, 5) is 15.8. The average molecular weight is 282 g/mol. The number of hydrogen-bond donors (Lipinski definition) is 3. The van der Waals surface area contributed by atoms with Crippen molar-refractivity contribution in [2.45, 2.75) is 13.5 Å². The molecule has 3 aromatic rings. The first-order valence-corrected chi connectivity index (χ1v) is 6.48. The number of H-pyrrole nitrogens is 2. The number of hydrogen-bond acceptors (Lipinski definition) is 4. The molecule has 0 saturated carbocycles. The minimum absolute atomic E-state index is 0.154. The molecule has 7 nitrogen and oxygen atoms in total. The number of nitrogens with zero attached hydrogens (tertiary/aromatic N) is 3. The Labute approximate surface area is 120 Å². The first kappa shape index (κ1) is 13.0. The standard InChI is InChI=1S/C14H14N6O/c1-9-17-13(20-18-9)14(21)15-8-10-2-4-11(5-3-10)12-6-7-16-19-12/h2-7H,8H2,1H3,(H,15,21)(H,16,19)(H,17,18,20). The van der Waals surface area contributed by atoms with Crippen LogP contribution < -0.4 is 5.32 Å². The average Bonchev–Trinajstić information content (AvgIpc) is 3.16. The Morgan fingerprint density at radius 1 is 1.19 bits per heavy atom. The monoisotopic (exact) mass is 282 g/mol. The van der Waals surface area contributed by atoms with Gasteiger partial charge in [0.25, 0.3) is 5.91 Å². The molecule has 0 bridgehead atoms. The summed E-state index contributed by atoms with van der Waals surface area (Å²) in [6.45, 7) is 2.17. The van der Waals surface area contributed by atoms with Crippen molar-refractivity contribution in [3.05, 3.63) is 53.7 Å². The fraction of sp³-hybridized carbons (Fsp3) is 0.143. The lowest BCUT2D eigenvalue weighted by Crippen LogP contribution is -2.24. The van der Waals surface area contributed by atoms with Gasteiger partial charge in [0.15, 0.2) is 0 Å². The Morgan fingerprint density at radius 3 is 2.62 bits per heavy atom. The Balaban J connectivity index is 1.62. The van der Waals surface area contributed by atoms with E-state index < -0.39 is 0 Å². The minimum atomic E-state index is -0.294. The summed E-state index contributed by atoms with van der Waals surface area (Å²) in [5.41, 5.74) is 3.01. The van der Waals surface area contributed by atoms with E-state index in [9.17, 15) is 4.79 Å². The van der Waals surface area contributed by atoms with Crippen LogP contribution >= 0.6 is 0 Å². The van der Waals surface area contributed by atoms with Crippen molar-refractivity contribution in [3.8, 4) is 11.3 Å². The smallest absolute Gasteiger partial charge is 0.291 e. The van der Waals surface area contributed by atoms with E-state index in [0.717, 1.165) is 16.8 Å². The zero-order valence-electron chi connectivity index (χ0n) is 11.4. The maximum atomic E-state index is 11.8. The van der Waals surface area contributed by atoms with Crippen molar-refractivity contribution in [2.24, 2.45) is 0 Å². The molecule has 7 heteroatoms. The van der Waals surface area contributed by atoms with Crippen LogP contribution in [0.1, 0.15) is 22.0 Å². The molecule has 0 aliphatic rings.